The van der Waals surface area contributed by atoms with E-state index in [-0.39, 0.29) is 30.5 Å². The molecule has 2 aromatic rings. The summed E-state index contributed by atoms with van der Waals surface area (Å²) in [5.41, 5.74) is 1.16. The van der Waals surface area contributed by atoms with Crippen LogP contribution in [0, 0.1) is 0 Å². The largest absolute Gasteiger partial charge is 0.507 e. The summed E-state index contributed by atoms with van der Waals surface area (Å²) in [6, 6.07) is 11.9. The van der Waals surface area contributed by atoms with Crippen LogP contribution in [-0.2, 0) is 9.59 Å². The van der Waals surface area contributed by atoms with Crippen molar-refractivity contribution in [1.29, 1.82) is 0 Å². The van der Waals surface area contributed by atoms with Gasteiger partial charge in [0.05, 0.1) is 12.0 Å². The second-order valence-electron chi connectivity index (χ2n) is 6.06. The Labute approximate surface area is 186 Å². The quantitative estimate of drug-likeness (QED) is 0.459. The number of benzene rings is 2. The van der Waals surface area contributed by atoms with E-state index in [2.05, 4.69) is 21.2 Å². The lowest BCUT2D eigenvalue weighted by Crippen LogP contribution is -2.31. The Balaban J connectivity index is 1.61. The molecular weight excluding hydrogens is 476 g/mol. The Morgan fingerprint density at radius 2 is 2.03 bits per heavy atom. The number of rotatable bonds is 6. The van der Waals surface area contributed by atoms with Crippen LogP contribution in [0.15, 0.2) is 51.8 Å². The monoisotopic (exact) mass is 492 g/mol. The molecule has 1 aliphatic rings. The van der Waals surface area contributed by atoms with Crippen molar-refractivity contribution in [3.05, 3.63) is 57.4 Å². The molecular formula is C20H17BrN2O4S2. The Bertz CT molecular complexity index is 992. The van der Waals surface area contributed by atoms with Crippen molar-refractivity contribution in [2.45, 2.75) is 6.42 Å². The molecule has 0 bridgehead atoms. The fourth-order valence-corrected chi connectivity index (χ4v) is 4.26. The van der Waals surface area contributed by atoms with Crippen molar-refractivity contribution in [1.82, 2.24) is 4.90 Å². The highest BCUT2D eigenvalue weighted by molar-refractivity contribution is 9.10. The minimum absolute atomic E-state index is 0.0670. The fourth-order valence-electron chi connectivity index (χ4n) is 2.59. The van der Waals surface area contributed by atoms with E-state index in [1.807, 2.05) is 0 Å². The number of phenolic OH excluding ortho intramolecular Hbond substituents is 1. The number of thioether (sulfide) groups is 1. The average molecular weight is 493 g/mol. The van der Waals surface area contributed by atoms with Gasteiger partial charge >= 0.3 is 0 Å². The van der Waals surface area contributed by atoms with Crippen molar-refractivity contribution in [3.63, 3.8) is 0 Å². The molecule has 6 nitrogen and oxygen atoms in total. The lowest BCUT2D eigenvalue weighted by molar-refractivity contribution is -0.122. The van der Waals surface area contributed by atoms with Crippen LogP contribution in [0.5, 0.6) is 11.5 Å². The number of carbonyl (C=O) groups is 2. The predicted molar refractivity (Wildman–Crippen MR) is 122 cm³/mol. The maximum absolute atomic E-state index is 12.7. The molecule has 0 atom stereocenters. The van der Waals surface area contributed by atoms with Gasteiger partial charge in [-0.15, -0.1) is 0 Å². The maximum atomic E-state index is 12.7. The third kappa shape index (κ3) is 5.37. The van der Waals surface area contributed by atoms with Gasteiger partial charge in [0, 0.05) is 28.7 Å². The number of nitrogens with zero attached hydrogens (tertiary/aromatic N) is 1. The third-order valence-corrected chi connectivity index (χ3v) is 5.96. The van der Waals surface area contributed by atoms with Gasteiger partial charge in [0.15, 0.2) is 0 Å². The predicted octanol–water partition coefficient (Wildman–Crippen LogP) is 4.39. The van der Waals surface area contributed by atoms with Gasteiger partial charge in [-0.25, -0.2) is 0 Å². The Kier molecular flexibility index (Phi) is 6.94. The minimum atomic E-state index is -0.281. The zero-order valence-electron chi connectivity index (χ0n) is 15.3. The van der Waals surface area contributed by atoms with Gasteiger partial charge in [0.2, 0.25) is 5.91 Å². The van der Waals surface area contributed by atoms with Crippen LogP contribution in [0.2, 0.25) is 0 Å². The number of halogens is 1. The smallest absolute Gasteiger partial charge is 0.266 e. The number of phenols is 1. The van der Waals surface area contributed by atoms with Gasteiger partial charge in [-0.3, -0.25) is 14.5 Å². The van der Waals surface area contributed by atoms with Crippen molar-refractivity contribution in [3.8, 4) is 11.5 Å². The van der Waals surface area contributed by atoms with E-state index < -0.39 is 0 Å². The van der Waals surface area contributed by atoms with Crippen LogP contribution in [0.25, 0.3) is 6.08 Å². The zero-order chi connectivity index (χ0) is 21.0. The molecule has 0 radical (unpaired) electrons. The topological polar surface area (TPSA) is 78.9 Å². The molecule has 0 saturated carbocycles. The molecule has 2 amide bonds. The van der Waals surface area contributed by atoms with E-state index >= 15 is 0 Å². The number of amides is 2. The third-order valence-electron chi connectivity index (χ3n) is 4.09. The molecule has 0 unspecified atom stereocenters. The first kappa shape index (κ1) is 21.4. The van der Waals surface area contributed by atoms with Crippen molar-refractivity contribution >= 4 is 67.8 Å². The Hall–Kier alpha value is -2.36. The van der Waals surface area contributed by atoms with Crippen LogP contribution in [0.4, 0.5) is 5.69 Å². The van der Waals surface area contributed by atoms with E-state index in [0.717, 1.165) is 16.2 Å². The summed E-state index contributed by atoms with van der Waals surface area (Å²) < 4.78 is 6.25. The molecule has 1 fully saturated rings. The van der Waals surface area contributed by atoms with Crippen molar-refractivity contribution in [2.75, 3.05) is 19.0 Å². The number of thiocarbonyl (C=S) groups is 1. The Morgan fingerprint density at radius 1 is 1.31 bits per heavy atom. The molecule has 2 N–H and O–H groups in total. The van der Waals surface area contributed by atoms with Gasteiger partial charge in [0.1, 0.15) is 15.8 Å². The molecule has 2 aromatic carbocycles. The van der Waals surface area contributed by atoms with E-state index in [4.69, 9.17) is 17.0 Å². The highest BCUT2D eigenvalue weighted by Gasteiger charge is 2.32. The lowest BCUT2D eigenvalue weighted by Gasteiger charge is -2.14. The molecule has 3 rings (SSSR count). The molecule has 29 heavy (non-hydrogen) atoms. The SMILES string of the molecule is COc1ccc(NC(=O)CCN2C(=O)/C(=C/c3cc(Br)ccc3O)SC2=S)cc1. The molecule has 0 aliphatic carbocycles. The van der Waals surface area contributed by atoms with Gasteiger partial charge < -0.3 is 15.2 Å². The van der Waals surface area contributed by atoms with Gasteiger partial charge in [-0.2, -0.15) is 0 Å². The van der Waals surface area contributed by atoms with Crippen LogP contribution in [-0.4, -0.2) is 39.8 Å². The molecule has 1 aliphatic heterocycles. The van der Waals surface area contributed by atoms with Gasteiger partial charge in [-0.1, -0.05) is 39.9 Å². The summed E-state index contributed by atoms with van der Waals surface area (Å²) in [5, 5.41) is 12.7. The summed E-state index contributed by atoms with van der Waals surface area (Å²) in [6.45, 7) is 0.175. The van der Waals surface area contributed by atoms with E-state index in [1.54, 1.807) is 55.7 Å². The van der Waals surface area contributed by atoms with Crippen LogP contribution >= 0.6 is 39.9 Å². The number of anilines is 1. The number of hydrogen-bond donors (Lipinski definition) is 2. The van der Waals surface area contributed by atoms with Gasteiger partial charge in [-0.05, 0) is 48.5 Å². The number of hydrogen-bond acceptors (Lipinski definition) is 6. The first-order valence-corrected chi connectivity index (χ1v) is 10.6. The summed E-state index contributed by atoms with van der Waals surface area (Å²) >= 11 is 9.78. The second kappa shape index (κ2) is 9.43. The van der Waals surface area contributed by atoms with Crippen LogP contribution in [0.3, 0.4) is 0 Å². The second-order valence-corrected chi connectivity index (χ2v) is 8.65. The van der Waals surface area contributed by atoms with Crippen molar-refractivity contribution < 1.29 is 19.4 Å². The molecule has 0 spiro atoms. The number of carbonyl (C=O) groups excluding carboxylic acids is 2. The highest BCUT2D eigenvalue weighted by Crippen LogP contribution is 2.34. The minimum Gasteiger partial charge on any atom is -0.507 e. The number of methoxy groups -OCH3 is 1. The number of aromatic hydroxyl groups is 1. The maximum Gasteiger partial charge on any atom is 0.266 e. The Morgan fingerprint density at radius 3 is 2.72 bits per heavy atom. The fraction of sp³-hybridized carbons (Fsp3) is 0.150. The summed E-state index contributed by atoms with van der Waals surface area (Å²) in [5.74, 6) is 0.260. The van der Waals surface area contributed by atoms with Crippen molar-refractivity contribution in [2.24, 2.45) is 0 Å². The number of nitrogens with one attached hydrogen (secondary N) is 1. The summed E-state index contributed by atoms with van der Waals surface area (Å²) in [6.07, 6.45) is 1.70. The zero-order valence-corrected chi connectivity index (χ0v) is 18.6. The standard InChI is InChI=1S/C20H17BrN2O4S2/c1-27-15-5-3-14(4-6-15)22-18(25)8-9-23-19(26)17(29-20(23)28)11-12-10-13(21)2-7-16(12)24/h2-7,10-11,24H,8-9H2,1H3,(H,22,25)/b17-11-. The molecule has 1 heterocycles. The van der Waals surface area contributed by atoms with E-state index in [9.17, 15) is 14.7 Å². The normalized spacial score (nSPS) is 15.1. The molecule has 1 saturated heterocycles. The highest BCUT2D eigenvalue weighted by atomic mass is 79.9. The first-order chi connectivity index (χ1) is 13.9. The number of ether oxygens (including phenoxy) is 1. The molecule has 150 valence electrons. The summed E-state index contributed by atoms with van der Waals surface area (Å²) in [7, 11) is 1.57. The molecule has 0 aromatic heterocycles. The molecule has 9 heteroatoms. The average Bonchev–Trinajstić information content (AvgIpc) is 2.96. The van der Waals surface area contributed by atoms with E-state index in [1.165, 1.54) is 4.90 Å². The van der Waals surface area contributed by atoms with Crippen LogP contribution in [0.1, 0.15) is 12.0 Å². The van der Waals surface area contributed by atoms with E-state index in [0.29, 0.717) is 26.2 Å². The van der Waals surface area contributed by atoms with Gasteiger partial charge in [0.25, 0.3) is 5.91 Å². The first-order valence-electron chi connectivity index (χ1n) is 8.55. The van der Waals surface area contributed by atoms with Crippen LogP contribution < -0.4 is 10.1 Å². The lowest BCUT2D eigenvalue weighted by atomic mass is 10.2. The summed E-state index contributed by atoms with van der Waals surface area (Å²) in [4.78, 5) is 26.7.